The molecule has 0 saturated carbocycles. The van der Waals surface area contributed by atoms with Crippen molar-refractivity contribution in [2.24, 2.45) is 5.92 Å². The number of piperidine rings is 2. The van der Waals surface area contributed by atoms with E-state index in [9.17, 15) is 4.79 Å². The third-order valence-electron chi connectivity index (χ3n) is 5.12. The van der Waals surface area contributed by atoms with Crippen LogP contribution in [0.5, 0.6) is 0 Å². The van der Waals surface area contributed by atoms with Crippen molar-refractivity contribution in [1.82, 2.24) is 15.1 Å². The number of carbonyl (C=O) groups is 1. The third kappa shape index (κ3) is 5.54. The Balaban J connectivity index is 1.64. The molecule has 4 nitrogen and oxygen atoms in total. The molecule has 0 aromatic carbocycles. The van der Waals surface area contributed by atoms with Gasteiger partial charge in [-0.2, -0.15) is 0 Å². The molecule has 2 aliphatic heterocycles. The Morgan fingerprint density at radius 1 is 1.14 bits per heavy atom. The molecular formula is C18H35N3O. The van der Waals surface area contributed by atoms with E-state index in [0.29, 0.717) is 0 Å². The van der Waals surface area contributed by atoms with Gasteiger partial charge in [0.15, 0.2) is 0 Å². The van der Waals surface area contributed by atoms with Crippen molar-refractivity contribution in [2.75, 3.05) is 39.3 Å². The third-order valence-corrected chi connectivity index (χ3v) is 5.12. The van der Waals surface area contributed by atoms with E-state index in [4.69, 9.17) is 0 Å². The van der Waals surface area contributed by atoms with Crippen molar-refractivity contribution in [3.8, 4) is 0 Å². The van der Waals surface area contributed by atoms with Crippen LogP contribution >= 0.6 is 0 Å². The molecule has 0 radical (unpaired) electrons. The van der Waals surface area contributed by atoms with E-state index < -0.39 is 0 Å². The van der Waals surface area contributed by atoms with Crippen LogP contribution in [0.25, 0.3) is 0 Å². The number of likely N-dealkylation sites (tertiary alicyclic amines) is 2. The van der Waals surface area contributed by atoms with Gasteiger partial charge < -0.3 is 10.2 Å². The molecule has 0 spiro atoms. The Bertz CT molecular complexity index is 332. The van der Waals surface area contributed by atoms with E-state index in [2.05, 4.69) is 29.0 Å². The number of hydrogen-bond acceptors (Lipinski definition) is 3. The Morgan fingerprint density at radius 2 is 2.00 bits per heavy atom. The minimum Gasteiger partial charge on any atom is -0.355 e. The summed E-state index contributed by atoms with van der Waals surface area (Å²) in [5.74, 6) is 1.10. The highest BCUT2D eigenvalue weighted by molar-refractivity contribution is 5.81. The molecule has 0 bridgehead atoms. The van der Waals surface area contributed by atoms with Gasteiger partial charge in [-0.15, -0.1) is 0 Å². The van der Waals surface area contributed by atoms with E-state index >= 15 is 0 Å². The van der Waals surface area contributed by atoms with Crippen molar-refractivity contribution in [2.45, 2.75) is 64.8 Å². The van der Waals surface area contributed by atoms with Gasteiger partial charge in [-0.1, -0.05) is 20.3 Å². The number of amides is 1. The summed E-state index contributed by atoms with van der Waals surface area (Å²) in [6, 6.07) is 0.128. The Morgan fingerprint density at radius 3 is 2.77 bits per heavy atom. The second kappa shape index (κ2) is 9.51. The van der Waals surface area contributed by atoms with E-state index in [0.717, 1.165) is 51.4 Å². The highest BCUT2D eigenvalue weighted by Crippen LogP contribution is 2.17. The van der Waals surface area contributed by atoms with Crippen molar-refractivity contribution >= 4 is 5.91 Å². The van der Waals surface area contributed by atoms with E-state index in [1.165, 1.54) is 38.8 Å². The van der Waals surface area contributed by atoms with Gasteiger partial charge in [-0.05, 0) is 70.6 Å². The first-order chi connectivity index (χ1) is 10.7. The molecule has 0 aromatic rings. The van der Waals surface area contributed by atoms with Gasteiger partial charge in [0.25, 0.3) is 0 Å². The Hall–Kier alpha value is -0.610. The van der Waals surface area contributed by atoms with E-state index in [1.807, 2.05) is 0 Å². The van der Waals surface area contributed by atoms with Crippen LogP contribution in [0.4, 0.5) is 0 Å². The smallest absolute Gasteiger partial charge is 0.237 e. The monoisotopic (exact) mass is 309 g/mol. The lowest BCUT2D eigenvalue weighted by Gasteiger charge is -2.34. The van der Waals surface area contributed by atoms with Gasteiger partial charge >= 0.3 is 0 Å². The van der Waals surface area contributed by atoms with Crippen molar-refractivity contribution in [1.29, 1.82) is 0 Å². The van der Waals surface area contributed by atoms with Crippen LogP contribution in [-0.2, 0) is 4.79 Å². The average Bonchev–Trinajstić information content (AvgIpc) is 2.52. The lowest BCUT2D eigenvalue weighted by atomic mass is 10.00. The van der Waals surface area contributed by atoms with E-state index in [1.54, 1.807) is 0 Å². The highest BCUT2D eigenvalue weighted by atomic mass is 16.2. The van der Waals surface area contributed by atoms with Crippen LogP contribution in [0.1, 0.15) is 58.8 Å². The lowest BCUT2D eigenvalue weighted by molar-refractivity contribution is -0.127. The van der Waals surface area contributed by atoms with Gasteiger partial charge in [-0.3, -0.25) is 9.69 Å². The maximum Gasteiger partial charge on any atom is 0.237 e. The molecule has 1 amide bonds. The van der Waals surface area contributed by atoms with Crippen molar-refractivity contribution in [3.05, 3.63) is 0 Å². The topological polar surface area (TPSA) is 35.6 Å². The maximum absolute atomic E-state index is 12.4. The summed E-state index contributed by atoms with van der Waals surface area (Å²) in [5, 5.41) is 3.18. The quantitative estimate of drug-likeness (QED) is 0.734. The molecule has 2 rings (SSSR count). The summed E-state index contributed by atoms with van der Waals surface area (Å²) in [7, 11) is 0. The predicted molar refractivity (Wildman–Crippen MR) is 92.0 cm³/mol. The van der Waals surface area contributed by atoms with Gasteiger partial charge in [0, 0.05) is 13.1 Å². The first kappa shape index (κ1) is 17.7. The molecule has 0 aliphatic carbocycles. The number of nitrogens with zero attached hydrogens (tertiary/aromatic N) is 2. The summed E-state index contributed by atoms with van der Waals surface area (Å²) in [6.07, 6.45) is 8.41. The van der Waals surface area contributed by atoms with Crippen LogP contribution in [0, 0.1) is 5.92 Å². The molecule has 2 fully saturated rings. The molecule has 2 heterocycles. The molecular weight excluding hydrogens is 274 g/mol. The zero-order chi connectivity index (χ0) is 15.8. The van der Waals surface area contributed by atoms with E-state index in [-0.39, 0.29) is 11.9 Å². The average molecular weight is 309 g/mol. The van der Waals surface area contributed by atoms with Gasteiger partial charge in [0.2, 0.25) is 5.91 Å². The molecule has 128 valence electrons. The second-order valence-electron chi connectivity index (χ2n) is 7.24. The number of nitrogens with one attached hydrogen (secondary N) is 1. The van der Waals surface area contributed by atoms with Gasteiger partial charge in [-0.25, -0.2) is 0 Å². The zero-order valence-corrected chi connectivity index (χ0v) is 14.6. The van der Waals surface area contributed by atoms with Crippen LogP contribution in [0.2, 0.25) is 0 Å². The molecule has 2 saturated heterocycles. The minimum absolute atomic E-state index is 0.128. The SMILES string of the molecule is CCCN1CCCCC1C(=O)NCCCN1CCCC(C)C1. The van der Waals surface area contributed by atoms with Crippen LogP contribution < -0.4 is 5.32 Å². The molecule has 4 heteroatoms. The summed E-state index contributed by atoms with van der Waals surface area (Å²) < 4.78 is 0. The largest absolute Gasteiger partial charge is 0.355 e. The van der Waals surface area contributed by atoms with Crippen molar-refractivity contribution in [3.63, 3.8) is 0 Å². The first-order valence-electron chi connectivity index (χ1n) is 9.44. The number of hydrogen-bond donors (Lipinski definition) is 1. The molecule has 0 aromatic heterocycles. The maximum atomic E-state index is 12.4. The fourth-order valence-electron chi connectivity index (χ4n) is 3.96. The summed E-state index contributed by atoms with van der Waals surface area (Å²) in [4.78, 5) is 17.4. The highest BCUT2D eigenvalue weighted by Gasteiger charge is 2.27. The Labute approximate surface area is 136 Å². The standard InChI is InChI=1S/C18H35N3O/c1-3-11-21-14-5-4-9-17(21)18(22)19-10-7-13-20-12-6-8-16(2)15-20/h16-17H,3-15H2,1-2H3,(H,19,22). The molecule has 2 atom stereocenters. The Kier molecular flexibility index (Phi) is 7.67. The lowest BCUT2D eigenvalue weighted by Crippen LogP contribution is -2.50. The van der Waals surface area contributed by atoms with Gasteiger partial charge in [0.05, 0.1) is 6.04 Å². The van der Waals surface area contributed by atoms with Gasteiger partial charge in [0.1, 0.15) is 0 Å². The number of rotatable bonds is 7. The molecule has 22 heavy (non-hydrogen) atoms. The normalized spacial score (nSPS) is 27.7. The molecule has 1 N–H and O–H groups in total. The first-order valence-corrected chi connectivity index (χ1v) is 9.44. The van der Waals surface area contributed by atoms with Crippen molar-refractivity contribution < 1.29 is 4.79 Å². The second-order valence-corrected chi connectivity index (χ2v) is 7.24. The fraction of sp³-hybridized carbons (Fsp3) is 0.944. The molecule has 2 unspecified atom stereocenters. The van der Waals surface area contributed by atoms with Crippen LogP contribution in [0.15, 0.2) is 0 Å². The predicted octanol–water partition coefficient (Wildman–Crippen LogP) is 2.49. The zero-order valence-electron chi connectivity index (χ0n) is 14.6. The molecule has 2 aliphatic rings. The number of carbonyl (C=O) groups excluding carboxylic acids is 1. The summed E-state index contributed by atoms with van der Waals surface area (Å²) in [6.45, 7) is 11.1. The minimum atomic E-state index is 0.128. The summed E-state index contributed by atoms with van der Waals surface area (Å²) >= 11 is 0. The van der Waals surface area contributed by atoms with Crippen LogP contribution in [0.3, 0.4) is 0 Å². The summed E-state index contributed by atoms with van der Waals surface area (Å²) in [5.41, 5.74) is 0. The van der Waals surface area contributed by atoms with Crippen LogP contribution in [-0.4, -0.2) is 61.0 Å². The fourth-order valence-corrected chi connectivity index (χ4v) is 3.96.